The SMILES string of the molecule is C1=Cc2ccccc2C=1/C(=C/Cc1cccc2ccccc12)Nc1ccc(Nc2ccccc2-c2cc3ccccc3c3c2C2CCC=CC2C=C3)cc1. The first-order valence-corrected chi connectivity index (χ1v) is 19.1. The van der Waals surface area contributed by atoms with Gasteiger partial charge in [0.1, 0.15) is 0 Å². The highest BCUT2D eigenvalue weighted by molar-refractivity contribution is 6.00. The monoisotopic (exact) mass is 692 g/mol. The Bertz CT molecular complexity index is 2730. The molecule has 2 N–H and O–H groups in total. The van der Waals surface area contributed by atoms with Crippen molar-refractivity contribution in [1.82, 2.24) is 0 Å². The molecule has 0 heterocycles. The van der Waals surface area contributed by atoms with Crippen molar-refractivity contribution < 1.29 is 0 Å². The van der Waals surface area contributed by atoms with Gasteiger partial charge in [0.2, 0.25) is 0 Å². The van der Waals surface area contributed by atoms with Crippen molar-refractivity contribution in [2.75, 3.05) is 10.6 Å². The van der Waals surface area contributed by atoms with Gasteiger partial charge in [0.25, 0.3) is 0 Å². The Hall–Kier alpha value is -6.60. The number of hydrogen-bond acceptors (Lipinski definition) is 2. The van der Waals surface area contributed by atoms with Crippen LogP contribution < -0.4 is 10.6 Å². The van der Waals surface area contributed by atoms with Crippen LogP contribution in [0.15, 0.2) is 181 Å². The van der Waals surface area contributed by atoms with E-state index in [2.05, 4.69) is 198 Å². The first kappa shape index (κ1) is 32.1. The molecule has 2 unspecified atom stereocenters. The Labute approximate surface area is 317 Å². The van der Waals surface area contributed by atoms with Crippen LogP contribution in [0.1, 0.15) is 46.6 Å². The lowest BCUT2D eigenvalue weighted by Crippen LogP contribution is -2.17. The fraction of sp³-hybridized carbons (Fsp3) is 0.0962. The summed E-state index contributed by atoms with van der Waals surface area (Å²) in [5, 5.41) is 12.8. The van der Waals surface area contributed by atoms with Gasteiger partial charge in [-0.1, -0.05) is 140 Å². The van der Waals surface area contributed by atoms with Crippen molar-refractivity contribution in [1.29, 1.82) is 0 Å². The molecule has 0 fully saturated rings. The highest BCUT2D eigenvalue weighted by Crippen LogP contribution is 2.49. The molecule has 7 aromatic carbocycles. The Morgan fingerprint density at radius 3 is 2.31 bits per heavy atom. The highest BCUT2D eigenvalue weighted by atomic mass is 14.9. The molecule has 10 rings (SSSR count). The highest BCUT2D eigenvalue weighted by Gasteiger charge is 2.30. The maximum absolute atomic E-state index is 3.81. The van der Waals surface area contributed by atoms with Crippen LogP contribution in [0.3, 0.4) is 0 Å². The standard InChI is InChI=1S/C52H40N2/c1-5-18-42-35(12-1)16-11-17-36(42)26-33-51(47-31-24-37-13-2-6-19-43(37)47)54-41-29-27-40(28-30-41)53-50-23-10-9-22-46(50)49-34-39-15-4-7-20-44(39)48-32-25-38-14-3-8-21-45(38)52(48)49/h1-7,9-20,22-25,27-30,32-34,38,45,53-54H,8,21,26H2/b51-33-. The summed E-state index contributed by atoms with van der Waals surface area (Å²) in [6.07, 6.45) is 17.1. The summed E-state index contributed by atoms with van der Waals surface area (Å²) in [5.41, 5.74) is 18.0. The third-order valence-corrected chi connectivity index (χ3v) is 11.4. The number of anilines is 3. The molecule has 2 atom stereocenters. The molecule has 3 aliphatic carbocycles. The van der Waals surface area contributed by atoms with E-state index in [4.69, 9.17) is 0 Å². The van der Waals surface area contributed by atoms with Crippen molar-refractivity contribution in [3.05, 3.63) is 209 Å². The van der Waals surface area contributed by atoms with Crippen LogP contribution in [0, 0.1) is 5.92 Å². The van der Waals surface area contributed by atoms with Crippen LogP contribution in [0.2, 0.25) is 0 Å². The van der Waals surface area contributed by atoms with Crippen LogP contribution in [-0.2, 0) is 6.42 Å². The number of allylic oxidation sites excluding steroid dienone is 5. The number of nitrogens with one attached hydrogen (secondary N) is 2. The fourth-order valence-electron chi connectivity index (χ4n) is 8.77. The minimum atomic E-state index is 0.446. The van der Waals surface area contributed by atoms with Crippen molar-refractivity contribution in [2.24, 2.45) is 5.92 Å². The zero-order valence-corrected chi connectivity index (χ0v) is 30.1. The molecule has 0 aromatic heterocycles. The van der Waals surface area contributed by atoms with Crippen molar-refractivity contribution in [2.45, 2.75) is 25.2 Å². The summed E-state index contributed by atoms with van der Waals surface area (Å²) in [6, 6.07) is 52.5. The predicted molar refractivity (Wildman–Crippen MR) is 230 cm³/mol. The van der Waals surface area contributed by atoms with Crippen LogP contribution in [0.5, 0.6) is 0 Å². The summed E-state index contributed by atoms with van der Waals surface area (Å²) in [5.74, 6) is 0.925. The van der Waals surface area contributed by atoms with E-state index in [1.54, 1.807) is 0 Å². The summed E-state index contributed by atoms with van der Waals surface area (Å²) in [7, 11) is 0. The molecule has 0 saturated heterocycles. The van der Waals surface area contributed by atoms with Gasteiger partial charge in [-0.15, -0.1) is 5.73 Å². The second kappa shape index (κ2) is 13.7. The molecule has 54 heavy (non-hydrogen) atoms. The quantitative estimate of drug-likeness (QED) is 0.122. The van der Waals surface area contributed by atoms with Gasteiger partial charge in [0.15, 0.2) is 0 Å². The molecule has 0 radical (unpaired) electrons. The van der Waals surface area contributed by atoms with Gasteiger partial charge in [-0.3, -0.25) is 0 Å². The lowest BCUT2D eigenvalue weighted by molar-refractivity contribution is 0.527. The molecule has 2 nitrogen and oxygen atoms in total. The Kier molecular flexibility index (Phi) is 8.17. The Morgan fingerprint density at radius 1 is 0.667 bits per heavy atom. The van der Waals surface area contributed by atoms with E-state index < -0.39 is 0 Å². The van der Waals surface area contributed by atoms with Crippen LogP contribution in [0.25, 0.3) is 50.4 Å². The minimum Gasteiger partial charge on any atom is -0.355 e. The summed E-state index contributed by atoms with van der Waals surface area (Å²) < 4.78 is 0. The lowest BCUT2D eigenvalue weighted by Gasteiger charge is -2.33. The smallest absolute Gasteiger partial charge is 0.0506 e. The normalized spacial score (nSPS) is 16.9. The zero-order valence-electron chi connectivity index (χ0n) is 30.1. The minimum absolute atomic E-state index is 0.446. The lowest BCUT2D eigenvalue weighted by atomic mass is 9.70. The number of benzene rings is 7. The van der Waals surface area contributed by atoms with E-state index >= 15 is 0 Å². The molecule has 0 amide bonds. The molecular formula is C52H40N2. The van der Waals surface area contributed by atoms with Crippen molar-refractivity contribution >= 4 is 56.3 Å². The number of rotatable bonds is 8. The Morgan fingerprint density at radius 2 is 1.41 bits per heavy atom. The predicted octanol–water partition coefficient (Wildman–Crippen LogP) is 13.7. The first-order valence-electron chi connectivity index (χ1n) is 19.1. The fourth-order valence-corrected chi connectivity index (χ4v) is 8.77. The summed E-state index contributed by atoms with van der Waals surface area (Å²) >= 11 is 0. The van der Waals surface area contributed by atoms with Gasteiger partial charge in [-0.05, 0) is 123 Å². The van der Waals surface area contributed by atoms with E-state index in [1.165, 1.54) is 66.9 Å². The number of hydrogen-bond donors (Lipinski definition) is 2. The number of para-hydroxylation sites is 1. The zero-order chi connectivity index (χ0) is 35.8. The second-order valence-corrected chi connectivity index (χ2v) is 14.6. The molecule has 0 spiro atoms. The van der Waals surface area contributed by atoms with E-state index in [9.17, 15) is 0 Å². The molecule has 2 heteroatoms. The van der Waals surface area contributed by atoms with Gasteiger partial charge in [-0.2, -0.15) is 0 Å². The van der Waals surface area contributed by atoms with Crippen molar-refractivity contribution in [3.63, 3.8) is 0 Å². The van der Waals surface area contributed by atoms with Gasteiger partial charge in [-0.25, -0.2) is 0 Å². The van der Waals surface area contributed by atoms with Crippen molar-refractivity contribution in [3.8, 4) is 11.1 Å². The first-order chi connectivity index (χ1) is 26.8. The van der Waals surface area contributed by atoms with Gasteiger partial charge >= 0.3 is 0 Å². The maximum Gasteiger partial charge on any atom is 0.0506 e. The Balaban J connectivity index is 0.971. The molecule has 7 aromatic rings. The van der Waals surface area contributed by atoms with Gasteiger partial charge < -0.3 is 10.6 Å². The average molecular weight is 693 g/mol. The third kappa shape index (κ3) is 5.88. The molecule has 0 saturated carbocycles. The van der Waals surface area contributed by atoms with Gasteiger partial charge in [0, 0.05) is 34.1 Å². The topological polar surface area (TPSA) is 24.1 Å². The van der Waals surface area contributed by atoms with E-state index in [-0.39, 0.29) is 0 Å². The van der Waals surface area contributed by atoms with Gasteiger partial charge in [0.05, 0.1) is 5.70 Å². The third-order valence-electron chi connectivity index (χ3n) is 11.4. The molecule has 0 bridgehead atoms. The van der Waals surface area contributed by atoms with E-state index in [1.807, 2.05) is 0 Å². The van der Waals surface area contributed by atoms with Crippen LogP contribution >= 0.6 is 0 Å². The maximum atomic E-state index is 3.81. The average Bonchev–Trinajstić information content (AvgIpc) is 3.67. The van der Waals surface area contributed by atoms with E-state index in [0.29, 0.717) is 11.8 Å². The van der Waals surface area contributed by atoms with Crippen LogP contribution in [-0.4, -0.2) is 0 Å². The number of fused-ring (bicyclic) bond motifs is 7. The molecule has 0 aliphatic heterocycles. The van der Waals surface area contributed by atoms with Crippen LogP contribution in [0.4, 0.5) is 17.1 Å². The molecular weight excluding hydrogens is 653 g/mol. The summed E-state index contributed by atoms with van der Waals surface area (Å²) in [6.45, 7) is 0. The second-order valence-electron chi connectivity index (χ2n) is 14.6. The molecule has 3 aliphatic rings. The molecule has 258 valence electrons. The largest absolute Gasteiger partial charge is 0.355 e. The summed E-state index contributed by atoms with van der Waals surface area (Å²) in [4.78, 5) is 0. The van der Waals surface area contributed by atoms with E-state index in [0.717, 1.165) is 41.2 Å².